The van der Waals surface area contributed by atoms with Gasteiger partial charge in [0.1, 0.15) is 5.82 Å². The number of piperazine rings is 1. The fourth-order valence-corrected chi connectivity index (χ4v) is 5.34. The van der Waals surface area contributed by atoms with Crippen LogP contribution in [0.2, 0.25) is 0 Å². The number of rotatable bonds is 11. The zero-order chi connectivity index (χ0) is 29.3. The van der Waals surface area contributed by atoms with Crippen molar-refractivity contribution in [1.82, 2.24) is 24.8 Å². The Kier molecular flexibility index (Phi) is 9.82. The van der Waals surface area contributed by atoms with E-state index in [2.05, 4.69) is 53.0 Å². The van der Waals surface area contributed by atoms with Crippen LogP contribution in [0.5, 0.6) is 0 Å². The molecule has 0 unspecified atom stereocenters. The van der Waals surface area contributed by atoms with Crippen molar-refractivity contribution >= 4 is 11.7 Å². The van der Waals surface area contributed by atoms with Gasteiger partial charge in [-0.3, -0.25) is 19.5 Å². The lowest BCUT2D eigenvalue weighted by molar-refractivity contribution is -0.133. The summed E-state index contributed by atoms with van der Waals surface area (Å²) >= 11 is 0. The first kappa shape index (κ1) is 29.3. The Morgan fingerprint density at radius 3 is 2.43 bits per heavy atom. The minimum absolute atomic E-state index is 0.102. The van der Waals surface area contributed by atoms with Crippen molar-refractivity contribution in [2.75, 3.05) is 26.2 Å². The van der Waals surface area contributed by atoms with Gasteiger partial charge in [0.2, 0.25) is 5.91 Å². The maximum atomic E-state index is 13.2. The minimum Gasteiger partial charge on any atom is -0.340 e. The number of hydrogen-bond acceptors (Lipinski definition) is 6. The molecule has 1 aliphatic rings. The molecule has 0 spiro atoms. The molecule has 0 radical (unpaired) electrons. The number of hydrogen-bond donors (Lipinski definition) is 0. The number of nitrogens with zero attached hydrogens (tertiary/aromatic N) is 5. The molecule has 1 aliphatic heterocycles. The summed E-state index contributed by atoms with van der Waals surface area (Å²) in [5.74, 6) is 1.12. The van der Waals surface area contributed by atoms with Gasteiger partial charge >= 0.3 is 0 Å². The van der Waals surface area contributed by atoms with E-state index in [0.29, 0.717) is 19.3 Å². The van der Waals surface area contributed by atoms with Crippen LogP contribution in [0.25, 0.3) is 11.3 Å². The van der Waals surface area contributed by atoms with Crippen molar-refractivity contribution in [2.24, 2.45) is 0 Å². The van der Waals surface area contributed by atoms with E-state index < -0.39 is 0 Å². The second kappa shape index (κ2) is 14.1. The van der Waals surface area contributed by atoms with E-state index in [1.807, 2.05) is 41.3 Å². The summed E-state index contributed by atoms with van der Waals surface area (Å²) in [6, 6.07) is 20.0. The second-order valence-electron chi connectivity index (χ2n) is 11.1. The molecule has 4 aromatic rings. The summed E-state index contributed by atoms with van der Waals surface area (Å²) < 4.78 is 0. The van der Waals surface area contributed by atoms with E-state index in [0.717, 1.165) is 84.9 Å². The summed E-state index contributed by atoms with van der Waals surface area (Å²) in [5, 5.41) is 0. The predicted molar refractivity (Wildman–Crippen MR) is 165 cm³/mol. The van der Waals surface area contributed by atoms with Crippen molar-refractivity contribution in [2.45, 2.75) is 52.5 Å². The van der Waals surface area contributed by atoms with Crippen LogP contribution in [0.3, 0.4) is 0 Å². The van der Waals surface area contributed by atoms with Gasteiger partial charge in [0.15, 0.2) is 5.78 Å². The fourth-order valence-electron chi connectivity index (χ4n) is 5.34. The van der Waals surface area contributed by atoms with Crippen molar-refractivity contribution in [3.63, 3.8) is 0 Å². The number of aryl methyl sites for hydroxylation is 1. The quantitative estimate of drug-likeness (QED) is 0.219. The number of carbonyl (C=O) groups excluding carboxylic acids is 2. The molecular weight excluding hydrogens is 522 g/mol. The molecule has 0 bridgehead atoms. The first-order valence-corrected chi connectivity index (χ1v) is 14.9. The van der Waals surface area contributed by atoms with E-state index in [4.69, 9.17) is 4.98 Å². The average Bonchev–Trinajstić information content (AvgIpc) is 3.03. The molecule has 216 valence electrons. The van der Waals surface area contributed by atoms with Crippen LogP contribution < -0.4 is 0 Å². The van der Waals surface area contributed by atoms with Gasteiger partial charge < -0.3 is 4.90 Å². The van der Waals surface area contributed by atoms with Crippen molar-refractivity contribution < 1.29 is 9.59 Å². The van der Waals surface area contributed by atoms with Crippen molar-refractivity contribution in [3.8, 4) is 11.3 Å². The molecule has 7 heteroatoms. The van der Waals surface area contributed by atoms with Crippen molar-refractivity contribution in [3.05, 3.63) is 113 Å². The van der Waals surface area contributed by atoms with Gasteiger partial charge in [0.05, 0.1) is 5.69 Å². The van der Waals surface area contributed by atoms with Crippen LogP contribution in [0.1, 0.15) is 64.6 Å². The van der Waals surface area contributed by atoms with Crippen LogP contribution in [0.15, 0.2) is 79.3 Å². The predicted octanol–water partition coefficient (Wildman–Crippen LogP) is 5.70. The molecular formula is C35H39N5O2. The Morgan fingerprint density at radius 1 is 0.905 bits per heavy atom. The van der Waals surface area contributed by atoms with Gasteiger partial charge in [-0.25, -0.2) is 9.97 Å². The fraction of sp³-hybridized carbons (Fsp3) is 0.343. The number of amides is 1. The van der Waals surface area contributed by atoms with E-state index in [1.165, 1.54) is 5.56 Å². The van der Waals surface area contributed by atoms with E-state index in [1.54, 1.807) is 18.6 Å². The second-order valence-corrected chi connectivity index (χ2v) is 11.1. The van der Waals surface area contributed by atoms with Crippen LogP contribution >= 0.6 is 0 Å². The molecule has 0 atom stereocenters. The Labute approximate surface area is 248 Å². The number of pyridine rings is 1. The highest BCUT2D eigenvalue weighted by molar-refractivity contribution is 5.97. The van der Waals surface area contributed by atoms with E-state index >= 15 is 0 Å². The van der Waals surface area contributed by atoms with Gasteiger partial charge in [-0.05, 0) is 53.8 Å². The molecule has 0 saturated carbocycles. The van der Waals surface area contributed by atoms with Gasteiger partial charge in [-0.15, -0.1) is 0 Å². The highest BCUT2D eigenvalue weighted by atomic mass is 16.2. The lowest BCUT2D eigenvalue weighted by atomic mass is 9.97. The molecule has 42 heavy (non-hydrogen) atoms. The Morgan fingerprint density at radius 2 is 1.69 bits per heavy atom. The SMILES string of the molecule is CCCCC(=O)N1CCN(Cc2ccc(C(=O)Cc3ccc(C)c(Cc4nccc(-c5cccnc5)n4)c3)cc2)CC1. The summed E-state index contributed by atoms with van der Waals surface area (Å²) in [6.45, 7) is 8.37. The maximum absolute atomic E-state index is 13.2. The summed E-state index contributed by atoms with van der Waals surface area (Å²) in [5.41, 5.74) is 6.96. The third-order valence-electron chi connectivity index (χ3n) is 7.94. The average molecular weight is 562 g/mol. The number of carbonyl (C=O) groups is 2. The number of Topliss-reactive ketones (excluding diaryl/α,β-unsaturated/α-hetero) is 1. The van der Waals surface area contributed by atoms with Gasteiger partial charge in [0.25, 0.3) is 0 Å². The van der Waals surface area contributed by atoms with Gasteiger partial charge in [0, 0.05) is 81.7 Å². The highest BCUT2D eigenvalue weighted by Gasteiger charge is 2.20. The molecule has 2 aromatic carbocycles. The summed E-state index contributed by atoms with van der Waals surface area (Å²) in [4.78, 5) is 43.3. The van der Waals surface area contributed by atoms with E-state index in [-0.39, 0.29) is 11.7 Å². The minimum atomic E-state index is 0.102. The smallest absolute Gasteiger partial charge is 0.222 e. The Hall–Kier alpha value is -4.23. The molecule has 5 rings (SSSR count). The highest BCUT2D eigenvalue weighted by Crippen LogP contribution is 2.20. The number of aromatic nitrogens is 3. The molecule has 1 fully saturated rings. The number of unbranched alkanes of at least 4 members (excludes halogenated alkanes) is 1. The molecule has 7 nitrogen and oxygen atoms in total. The first-order valence-electron chi connectivity index (χ1n) is 14.9. The zero-order valence-electron chi connectivity index (χ0n) is 24.6. The summed E-state index contributed by atoms with van der Waals surface area (Å²) in [6.07, 6.45) is 8.95. The number of benzene rings is 2. The van der Waals surface area contributed by atoms with Crippen LogP contribution in [0.4, 0.5) is 0 Å². The lowest BCUT2D eigenvalue weighted by Gasteiger charge is -2.34. The number of ketones is 1. The standard InChI is InChI=1S/C35H39N5O2/c1-3-4-7-35(42)40-19-17-39(18-20-40)25-27-10-12-29(13-11-27)33(41)22-28-9-8-26(2)31(21-28)23-34-37-16-14-32(38-34)30-6-5-15-36-24-30/h5-6,8-16,21,24H,3-4,7,17-20,22-23,25H2,1-2H3. The normalized spacial score (nSPS) is 13.7. The van der Waals surface area contributed by atoms with Gasteiger partial charge in [-0.1, -0.05) is 55.8 Å². The molecule has 0 aliphatic carbocycles. The van der Waals surface area contributed by atoms with Crippen molar-refractivity contribution in [1.29, 1.82) is 0 Å². The van der Waals surface area contributed by atoms with E-state index in [9.17, 15) is 9.59 Å². The third-order valence-corrected chi connectivity index (χ3v) is 7.94. The molecule has 1 amide bonds. The topological polar surface area (TPSA) is 79.3 Å². The largest absolute Gasteiger partial charge is 0.340 e. The van der Waals surface area contributed by atoms with Crippen LogP contribution in [-0.4, -0.2) is 62.6 Å². The maximum Gasteiger partial charge on any atom is 0.222 e. The Bertz CT molecular complexity index is 1500. The third kappa shape index (κ3) is 7.74. The monoisotopic (exact) mass is 561 g/mol. The molecule has 2 aromatic heterocycles. The first-order chi connectivity index (χ1) is 20.5. The van der Waals surface area contributed by atoms with Gasteiger partial charge in [-0.2, -0.15) is 0 Å². The Balaban J connectivity index is 1.16. The van der Waals surface area contributed by atoms with Crippen LogP contribution in [-0.2, 0) is 24.2 Å². The molecule has 1 saturated heterocycles. The molecule has 0 N–H and O–H groups in total. The zero-order valence-corrected chi connectivity index (χ0v) is 24.6. The van der Waals surface area contributed by atoms with Crippen LogP contribution in [0, 0.1) is 6.92 Å². The lowest BCUT2D eigenvalue weighted by Crippen LogP contribution is -2.48. The summed E-state index contributed by atoms with van der Waals surface area (Å²) in [7, 11) is 0. The molecule has 3 heterocycles.